The van der Waals surface area contributed by atoms with Gasteiger partial charge in [-0.1, -0.05) is 12.1 Å². The minimum absolute atomic E-state index is 0.193. The third kappa shape index (κ3) is 4.93. The van der Waals surface area contributed by atoms with Crippen molar-refractivity contribution in [3.8, 4) is 22.9 Å². The summed E-state index contributed by atoms with van der Waals surface area (Å²) in [4.78, 5) is 16.9. The van der Waals surface area contributed by atoms with Gasteiger partial charge < -0.3 is 14.9 Å². The molecule has 0 amide bonds. The lowest BCUT2D eigenvalue weighted by atomic mass is 10.1. The number of hydrogen-bond donors (Lipinski definition) is 2. The fourth-order valence-electron chi connectivity index (χ4n) is 1.29. The first-order valence-corrected chi connectivity index (χ1v) is 5.70. The maximum absolute atomic E-state index is 10.6. The second-order valence-electron chi connectivity index (χ2n) is 3.77. The van der Waals surface area contributed by atoms with E-state index in [0.29, 0.717) is 17.1 Å². The first-order chi connectivity index (χ1) is 10.3. The Labute approximate surface area is 122 Å². The number of carboxylic acid groups (broad SMARTS) is 1. The number of aromatic nitrogens is 2. The molecule has 0 bridgehead atoms. The molecule has 0 aliphatic rings. The summed E-state index contributed by atoms with van der Waals surface area (Å²) in [7, 11) is 1.54. The van der Waals surface area contributed by atoms with Crippen LogP contribution < -0.4 is 4.74 Å². The Kier molecular flexibility index (Phi) is 5.67. The van der Waals surface area contributed by atoms with Gasteiger partial charge in [-0.25, -0.2) is 14.8 Å². The highest BCUT2D eigenvalue weighted by Crippen LogP contribution is 2.27. The van der Waals surface area contributed by atoms with Crippen molar-refractivity contribution in [1.82, 2.24) is 9.97 Å². The maximum atomic E-state index is 10.6. The van der Waals surface area contributed by atoms with Crippen LogP contribution in [0.25, 0.3) is 11.3 Å². The summed E-state index contributed by atoms with van der Waals surface area (Å²) in [5, 5.41) is 16.8. The molecule has 6 nitrogen and oxygen atoms in total. The van der Waals surface area contributed by atoms with E-state index in [1.54, 1.807) is 24.3 Å². The minimum Gasteiger partial charge on any atom is -0.507 e. The number of benzene rings is 1. The zero-order valence-electron chi connectivity index (χ0n) is 11.2. The fraction of sp³-hybridized carbons (Fsp3) is 0.154. The van der Waals surface area contributed by atoms with Gasteiger partial charge in [-0.3, -0.25) is 0 Å². The van der Waals surface area contributed by atoms with Crippen LogP contribution in [0.5, 0.6) is 11.6 Å². The summed E-state index contributed by atoms with van der Waals surface area (Å²) in [6, 6.07) is 8.68. The molecule has 0 atom stereocenters. The van der Waals surface area contributed by atoms with Crippen molar-refractivity contribution in [3.63, 3.8) is 0 Å². The molecule has 2 N–H and O–H groups in total. The molecule has 0 aliphatic heterocycles. The molecule has 118 valence electrons. The number of aliphatic carboxylic acids is 1. The predicted molar refractivity (Wildman–Crippen MR) is 69.4 cm³/mol. The Hall–Kier alpha value is -2.84. The van der Waals surface area contributed by atoms with Crippen molar-refractivity contribution in [2.75, 3.05) is 7.11 Å². The van der Waals surface area contributed by atoms with Crippen LogP contribution >= 0.6 is 0 Å². The van der Waals surface area contributed by atoms with Gasteiger partial charge in [-0.05, 0) is 12.1 Å². The molecular formula is C13H11F3N2O4. The van der Waals surface area contributed by atoms with Crippen LogP contribution in [-0.4, -0.2) is 39.4 Å². The smallest absolute Gasteiger partial charge is 0.490 e. The third-order valence-corrected chi connectivity index (χ3v) is 2.27. The van der Waals surface area contributed by atoms with Gasteiger partial charge in [0, 0.05) is 11.6 Å². The van der Waals surface area contributed by atoms with Gasteiger partial charge in [0.25, 0.3) is 0 Å². The summed E-state index contributed by atoms with van der Waals surface area (Å²) >= 11 is 0. The number of para-hydroxylation sites is 1. The lowest BCUT2D eigenvalue weighted by Gasteiger charge is -2.04. The molecular weight excluding hydrogens is 305 g/mol. The number of methoxy groups -OCH3 is 1. The molecule has 0 aliphatic carbocycles. The molecule has 1 aromatic carbocycles. The Bertz CT molecular complexity index is 647. The second-order valence-corrected chi connectivity index (χ2v) is 3.77. The zero-order chi connectivity index (χ0) is 16.8. The summed E-state index contributed by atoms with van der Waals surface area (Å²) in [5.74, 6) is -2.09. The van der Waals surface area contributed by atoms with Crippen molar-refractivity contribution >= 4 is 5.97 Å². The molecule has 0 fully saturated rings. The van der Waals surface area contributed by atoms with Crippen LogP contribution in [0, 0.1) is 0 Å². The Morgan fingerprint density at radius 2 is 1.82 bits per heavy atom. The van der Waals surface area contributed by atoms with Gasteiger partial charge in [0.15, 0.2) is 0 Å². The Balaban J connectivity index is 0.000000295. The zero-order valence-corrected chi connectivity index (χ0v) is 11.2. The largest absolute Gasteiger partial charge is 0.507 e. The molecule has 2 rings (SSSR count). The SMILES string of the molecule is COc1cc(-c2ccccc2O)ncn1.O=C(O)C(F)(F)F. The number of hydrogen-bond acceptors (Lipinski definition) is 5. The van der Waals surface area contributed by atoms with Gasteiger partial charge in [0.05, 0.1) is 12.8 Å². The van der Waals surface area contributed by atoms with Crippen molar-refractivity contribution < 1.29 is 32.9 Å². The molecule has 0 saturated carbocycles. The van der Waals surface area contributed by atoms with Crippen molar-refractivity contribution in [1.29, 1.82) is 0 Å². The van der Waals surface area contributed by atoms with E-state index >= 15 is 0 Å². The van der Waals surface area contributed by atoms with Crippen molar-refractivity contribution in [2.24, 2.45) is 0 Å². The molecule has 22 heavy (non-hydrogen) atoms. The normalized spacial score (nSPS) is 10.4. The lowest BCUT2D eigenvalue weighted by Crippen LogP contribution is -2.21. The van der Waals surface area contributed by atoms with E-state index in [1.165, 1.54) is 13.4 Å². The van der Waals surface area contributed by atoms with Gasteiger partial charge in [-0.15, -0.1) is 0 Å². The molecule has 0 radical (unpaired) electrons. The minimum atomic E-state index is -5.08. The maximum Gasteiger partial charge on any atom is 0.490 e. The highest BCUT2D eigenvalue weighted by atomic mass is 19.4. The predicted octanol–water partition coefficient (Wildman–Crippen LogP) is 2.49. The van der Waals surface area contributed by atoms with Crippen LogP contribution in [-0.2, 0) is 4.79 Å². The standard InChI is InChI=1S/C11H10N2O2.C2HF3O2/c1-15-11-6-9(12-7-13-11)8-4-2-3-5-10(8)14;3-2(4,5)1(6)7/h2-7,14H,1H3;(H,6,7). The molecule has 2 aromatic rings. The highest BCUT2D eigenvalue weighted by Gasteiger charge is 2.38. The molecule has 0 unspecified atom stereocenters. The molecule has 9 heteroatoms. The van der Waals surface area contributed by atoms with Crippen LogP contribution in [0.4, 0.5) is 13.2 Å². The number of phenols is 1. The number of phenolic OH excluding ortho intramolecular Hbond substituents is 1. The van der Waals surface area contributed by atoms with Crippen LogP contribution in [0.15, 0.2) is 36.7 Å². The van der Waals surface area contributed by atoms with E-state index in [0.717, 1.165) is 0 Å². The van der Waals surface area contributed by atoms with E-state index in [4.69, 9.17) is 14.6 Å². The average molecular weight is 316 g/mol. The number of nitrogens with zero attached hydrogens (tertiary/aromatic N) is 2. The fourth-order valence-corrected chi connectivity index (χ4v) is 1.29. The van der Waals surface area contributed by atoms with E-state index in [9.17, 15) is 18.3 Å². The molecule has 0 spiro atoms. The van der Waals surface area contributed by atoms with Crippen molar-refractivity contribution in [2.45, 2.75) is 6.18 Å². The van der Waals surface area contributed by atoms with E-state index in [1.807, 2.05) is 6.07 Å². The number of rotatable bonds is 2. The first-order valence-electron chi connectivity index (χ1n) is 5.70. The second kappa shape index (κ2) is 7.25. The molecule has 1 heterocycles. The number of carbonyl (C=O) groups is 1. The van der Waals surface area contributed by atoms with Gasteiger partial charge in [0.2, 0.25) is 5.88 Å². The van der Waals surface area contributed by atoms with Gasteiger partial charge >= 0.3 is 12.1 Å². The number of aromatic hydroxyl groups is 1. The van der Waals surface area contributed by atoms with Gasteiger partial charge in [0.1, 0.15) is 12.1 Å². The Morgan fingerprint density at radius 3 is 2.32 bits per heavy atom. The van der Waals surface area contributed by atoms with Crippen LogP contribution in [0.3, 0.4) is 0 Å². The average Bonchev–Trinajstić information content (AvgIpc) is 2.47. The summed E-state index contributed by atoms with van der Waals surface area (Å²) in [5.41, 5.74) is 1.30. The summed E-state index contributed by atoms with van der Waals surface area (Å²) < 4.78 is 36.7. The third-order valence-electron chi connectivity index (χ3n) is 2.27. The van der Waals surface area contributed by atoms with Gasteiger partial charge in [-0.2, -0.15) is 13.2 Å². The van der Waals surface area contributed by atoms with E-state index in [-0.39, 0.29) is 5.75 Å². The lowest BCUT2D eigenvalue weighted by molar-refractivity contribution is -0.192. The monoisotopic (exact) mass is 316 g/mol. The molecule has 0 saturated heterocycles. The van der Waals surface area contributed by atoms with Crippen LogP contribution in [0.2, 0.25) is 0 Å². The summed E-state index contributed by atoms with van der Waals surface area (Å²) in [6.45, 7) is 0. The number of carboxylic acids is 1. The van der Waals surface area contributed by atoms with E-state index in [2.05, 4.69) is 9.97 Å². The van der Waals surface area contributed by atoms with E-state index < -0.39 is 12.1 Å². The molecule has 1 aromatic heterocycles. The highest BCUT2D eigenvalue weighted by molar-refractivity contribution is 5.73. The number of alkyl halides is 3. The quantitative estimate of drug-likeness (QED) is 0.884. The first kappa shape index (κ1) is 17.2. The number of ether oxygens (including phenoxy) is 1. The van der Waals surface area contributed by atoms with Crippen LogP contribution in [0.1, 0.15) is 0 Å². The topological polar surface area (TPSA) is 92.5 Å². The Morgan fingerprint density at radius 1 is 1.23 bits per heavy atom. The summed E-state index contributed by atoms with van der Waals surface area (Å²) in [6.07, 6.45) is -3.68. The van der Waals surface area contributed by atoms with Crippen molar-refractivity contribution in [3.05, 3.63) is 36.7 Å². The number of halogens is 3.